The highest BCUT2D eigenvalue weighted by Gasteiger charge is 2.31. The largest absolute Gasteiger partial charge is 0.444 e. The van der Waals surface area contributed by atoms with Crippen molar-refractivity contribution in [2.75, 3.05) is 13.2 Å². The molecular formula is C31H40ClN5O3Si. The molecule has 0 aliphatic carbocycles. The molecule has 1 aliphatic heterocycles. The number of halogens is 1. The van der Waals surface area contributed by atoms with Gasteiger partial charge in [-0.2, -0.15) is 5.10 Å². The first kappa shape index (κ1) is 29.4. The van der Waals surface area contributed by atoms with Crippen LogP contribution in [-0.2, 0) is 29.3 Å². The van der Waals surface area contributed by atoms with Gasteiger partial charge in [0.25, 0.3) is 0 Å². The number of aryl methyl sites for hydroxylation is 1. The van der Waals surface area contributed by atoms with Crippen LogP contribution in [0.1, 0.15) is 32.0 Å². The van der Waals surface area contributed by atoms with E-state index in [-0.39, 0.29) is 6.09 Å². The summed E-state index contributed by atoms with van der Waals surface area (Å²) < 4.78 is 15.9. The van der Waals surface area contributed by atoms with Gasteiger partial charge in [-0.15, -0.1) is 0 Å². The lowest BCUT2D eigenvalue weighted by Gasteiger charge is -2.31. The lowest BCUT2D eigenvalue weighted by molar-refractivity contribution is 0.0195. The Balaban J connectivity index is 1.59. The number of carbonyl (C=O) groups excluding carboxylic acids is 1. The van der Waals surface area contributed by atoms with E-state index in [0.29, 0.717) is 31.4 Å². The van der Waals surface area contributed by atoms with E-state index >= 15 is 0 Å². The van der Waals surface area contributed by atoms with Gasteiger partial charge in [0.2, 0.25) is 0 Å². The van der Waals surface area contributed by atoms with Crippen LogP contribution in [-0.4, -0.2) is 57.2 Å². The molecular weight excluding hydrogens is 554 g/mol. The van der Waals surface area contributed by atoms with Crippen LogP contribution < -0.4 is 0 Å². The van der Waals surface area contributed by atoms with Gasteiger partial charge in [0.1, 0.15) is 23.7 Å². The Labute approximate surface area is 248 Å². The molecule has 0 saturated heterocycles. The number of carbonyl (C=O) groups is 1. The number of pyridine rings is 1. The van der Waals surface area contributed by atoms with Gasteiger partial charge >= 0.3 is 6.09 Å². The van der Waals surface area contributed by atoms with Crippen molar-refractivity contribution in [2.45, 2.75) is 78.8 Å². The zero-order valence-corrected chi connectivity index (χ0v) is 26.9. The van der Waals surface area contributed by atoms with Gasteiger partial charge in [-0.1, -0.05) is 43.4 Å². The summed E-state index contributed by atoms with van der Waals surface area (Å²) in [6.07, 6.45) is 3.64. The number of amides is 1. The summed E-state index contributed by atoms with van der Waals surface area (Å²) in [5, 5.41) is 6.80. The summed E-state index contributed by atoms with van der Waals surface area (Å²) in [6, 6.07) is 10.9. The predicted octanol–water partition coefficient (Wildman–Crippen LogP) is 7.59. The van der Waals surface area contributed by atoms with Crippen LogP contribution in [0.5, 0.6) is 0 Å². The molecule has 0 radical (unpaired) electrons. The molecule has 1 aromatic carbocycles. The number of aromatic nitrogens is 4. The van der Waals surface area contributed by atoms with Crippen molar-refractivity contribution in [3.05, 3.63) is 59.0 Å². The summed E-state index contributed by atoms with van der Waals surface area (Å²) >= 11 is 6.24. The van der Waals surface area contributed by atoms with Crippen LogP contribution >= 0.6 is 11.6 Å². The number of nitrogens with zero attached hydrogens (tertiary/aromatic N) is 5. The molecule has 4 heterocycles. The van der Waals surface area contributed by atoms with Crippen LogP contribution in [0.2, 0.25) is 30.7 Å². The Bertz CT molecular complexity index is 1560. The third kappa shape index (κ3) is 6.52. The summed E-state index contributed by atoms with van der Waals surface area (Å²) in [7, 11) is -1.18. The van der Waals surface area contributed by atoms with Crippen molar-refractivity contribution in [3.63, 3.8) is 0 Å². The SMILES string of the molecule is Cc1cn(COCC[Si](C)(C)C)c2nccc(-c3c(-c4ccc(Cl)cc4)nn4c3CN(C(=O)OC(C)(C)C)CC4)c12. The Morgan fingerprint density at radius 3 is 2.51 bits per heavy atom. The molecule has 0 unspecified atom stereocenters. The summed E-state index contributed by atoms with van der Waals surface area (Å²) in [5.41, 5.74) is 6.23. The Hall–Kier alpha value is -3.14. The van der Waals surface area contributed by atoms with E-state index in [4.69, 9.17) is 31.2 Å². The van der Waals surface area contributed by atoms with Crippen molar-refractivity contribution in [3.8, 4) is 22.4 Å². The van der Waals surface area contributed by atoms with E-state index in [1.807, 2.05) is 55.9 Å². The summed E-state index contributed by atoms with van der Waals surface area (Å²) in [6.45, 7) is 17.5. The number of ether oxygens (including phenoxy) is 2. The molecule has 0 saturated carbocycles. The number of hydrogen-bond acceptors (Lipinski definition) is 5. The molecule has 0 bridgehead atoms. The normalized spacial score (nSPS) is 14.0. The van der Waals surface area contributed by atoms with Crippen LogP contribution in [0.15, 0.2) is 42.7 Å². The standard InChI is InChI=1S/C31H40ClN5O3Si/c1-21-18-36(20-39-16-17-41(5,6)7)29-26(21)24(12-13-33-29)27-25-19-35(30(38)40-31(2,3)4)14-15-37(25)34-28(27)22-8-10-23(32)11-9-22/h8-13,18H,14-17,19-20H2,1-7H3. The van der Waals surface area contributed by atoms with Gasteiger partial charge in [0, 0.05) is 55.2 Å². The molecule has 3 aromatic heterocycles. The topological polar surface area (TPSA) is 74.4 Å². The molecule has 1 aliphatic rings. The summed E-state index contributed by atoms with van der Waals surface area (Å²) in [4.78, 5) is 19.6. The van der Waals surface area contributed by atoms with E-state index in [1.54, 1.807) is 4.90 Å². The molecule has 5 rings (SSSR count). The Kier molecular flexibility index (Phi) is 8.07. The van der Waals surface area contributed by atoms with Crippen molar-refractivity contribution in [1.29, 1.82) is 0 Å². The van der Waals surface area contributed by atoms with Crippen molar-refractivity contribution in [1.82, 2.24) is 24.2 Å². The highest BCUT2D eigenvalue weighted by atomic mass is 35.5. The molecule has 0 fully saturated rings. The second-order valence-electron chi connectivity index (χ2n) is 13.0. The fourth-order valence-electron chi connectivity index (χ4n) is 5.16. The maximum Gasteiger partial charge on any atom is 0.410 e. The van der Waals surface area contributed by atoms with E-state index in [9.17, 15) is 4.79 Å². The smallest absolute Gasteiger partial charge is 0.410 e. The lowest BCUT2D eigenvalue weighted by atomic mass is 9.95. The Morgan fingerprint density at radius 1 is 1.10 bits per heavy atom. The maximum atomic E-state index is 13.1. The minimum absolute atomic E-state index is 0.318. The zero-order valence-electron chi connectivity index (χ0n) is 25.1. The Morgan fingerprint density at radius 2 is 1.83 bits per heavy atom. The maximum absolute atomic E-state index is 13.1. The summed E-state index contributed by atoms with van der Waals surface area (Å²) in [5.74, 6) is 0. The van der Waals surface area contributed by atoms with E-state index in [0.717, 1.165) is 57.3 Å². The highest BCUT2D eigenvalue weighted by molar-refractivity contribution is 6.76. The predicted molar refractivity (Wildman–Crippen MR) is 167 cm³/mol. The minimum atomic E-state index is -1.18. The van der Waals surface area contributed by atoms with E-state index in [1.165, 1.54) is 0 Å². The number of hydrogen-bond donors (Lipinski definition) is 0. The average Bonchev–Trinajstić information content (AvgIpc) is 3.43. The first-order valence-electron chi connectivity index (χ1n) is 14.2. The minimum Gasteiger partial charge on any atom is -0.444 e. The third-order valence-electron chi connectivity index (χ3n) is 7.19. The molecule has 10 heteroatoms. The third-order valence-corrected chi connectivity index (χ3v) is 9.15. The molecule has 0 N–H and O–H groups in total. The van der Waals surface area contributed by atoms with Crippen molar-refractivity contribution < 1.29 is 14.3 Å². The molecule has 1 amide bonds. The van der Waals surface area contributed by atoms with Gasteiger partial charge < -0.3 is 18.9 Å². The number of rotatable bonds is 7. The van der Waals surface area contributed by atoms with E-state index in [2.05, 4.69) is 43.4 Å². The van der Waals surface area contributed by atoms with Crippen LogP contribution in [0, 0.1) is 6.92 Å². The monoisotopic (exact) mass is 593 g/mol. The van der Waals surface area contributed by atoms with Gasteiger partial charge in [-0.25, -0.2) is 9.78 Å². The fraction of sp³-hybridized carbons (Fsp3) is 0.452. The molecule has 4 aromatic rings. The van der Waals surface area contributed by atoms with Gasteiger partial charge in [0.15, 0.2) is 0 Å². The van der Waals surface area contributed by atoms with Crippen molar-refractivity contribution in [2.24, 2.45) is 0 Å². The molecule has 0 atom stereocenters. The van der Waals surface area contributed by atoms with Gasteiger partial charge in [-0.05, 0) is 63.1 Å². The van der Waals surface area contributed by atoms with Gasteiger partial charge in [-0.3, -0.25) is 4.68 Å². The first-order valence-corrected chi connectivity index (χ1v) is 18.3. The highest BCUT2D eigenvalue weighted by Crippen LogP contribution is 2.41. The number of fused-ring (bicyclic) bond motifs is 2. The molecule has 41 heavy (non-hydrogen) atoms. The fourth-order valence-corrected chi connectivity index (χ4v) is 6.04. The quantitative estimate of drug-likeness (QED) is 0.163. The zero-order chi connectivity index (χ0) is 29.5. The molecule has 8 nitrogen and oxygen atoms in total. The van der Waals surface area contributed by atoms with Crippen LogP contribution in [0.25, 0.3) is 33.4 Å². The molecule has 218 valence electrons. The average molecular weight is 594 g/mol. The van der Waals surface area contributed by atoms with Crippen LogP contribution in [0.3, 0.4) is 0 Å². The first-order chi connectivity index (χ1) is 19.3. The lowest BCUT2D eigenvalue weighted by Crippen LogP contribution is -2.41. The second kappa shape index (κ2) is 11.3. The van der Waals surface area contributed by atoms with Crippen molar-refractivity contribution >= 4 is 36.8 Å². The second-order valence-corrected chi connectivity index (χ2v) is 19.0. The van der Waals surface area contributed by atoms with E-state index < -0.39 is 13.7 Å². The van der Waals surface area contributed by atoms with Gasteiger partial charge in [0.05, 0.1) is 18.8 Å². The van der Waals surface area contributed by atoms with Crippen LogP contribution in [0.4, 0.5) is 4.79 Å². The molecule has 0 spiro atoms. The number of benzene rings is 1.